The van der Waals surface area contributed by atoms with Gasteiger partial charge in [-0.05, 0) is 32.9 Å². The first-order valence-corrected chi connectivity index (χ1v) is 9.20. The van der Waals surface area contributed by atoms with E-state index >= 15 is 0 Å². The summed E-state index contributed by atoms with van der Waals surface area (Å²) < 4.78 is 27.6. The van der Waals surface area contributed by atoms with Crippen LogP contribution in [-0.4, -0.2) is 13.4 Å². The molecule has 0 saturated carbocycles. The minimum absolute atomic E-state index is 0.295. The van der Waals surface area contributed by atoms with Crippen molar-refractivity contribution in [3.8, 4) is 0 Å². The van der Waals surface area contributed by atoms with Crippen molar-refractivity contribution >= 4 is 32.7 Å². The summed E-state index contributed by atoms with van der Waals surface area (Å²) in [6.07, 6.45) is 0. The monoisotopic (exact) mass is 331 g/mol. The number of nitrogens with one attached hydrogen (secondary N) is 1. The fraction of sp³-hybridized carbons (Fsp3) is 0.417. The molecular formula is C12H17N3O2S3. The molecule has 0 saturated heterocycles. The SMILES string of the molecule is Cc1nc(C)c(C(C)NS(=O)(=O)c2ccc(CN)s2)s1. The van der Waals surface area contributed by atoms with Crippen LogP contribution in [0.1, 0.15) is 33.4 Å². The first kappa shape index (κ1) is 15.6. The van der Waals surface area contributed by atoms with Gasteiger partial charge in [0.2, 0.25) is 0 Å². The van der Waals surface area contributed by atoms with Gasteiger partial charge in [0.25, 0.3) is 10.0 Å². The zero-order valence-electron chi connectivity index (χ0n) is 11.5. The lowest BCUT2D eigenvalue weighted by Crippen LogP contribution is -2.26. The van der Waals surface area contributed by atoms with Crippen LogP contribution in [0.15, 0.2) is 16.3 Å². The van der Waals surface area contributed by atoms with E-state index in [1.54, 1.807) is 12.1 Å². The first-order valence-electron chi connectivity index (χ1n) is 6.08. The van der Waals surface area contributed by atoms with Crippen molar-refractivity contribution in [1.82, 2.24) is 9.71 Å². The van der Waals surface area contributed by atoms with Crippen LogP contribution in [-0.2, 0) is 16.6 Å². The van der Waals surface area contributed by atoms with Gasteiger partial charge in [0.1, 0.15) is 4.21 Å². The fourth-order valence-electron chi connectivity index (χ4n) is 1.91. The number of nitrogens with zero attached hydrogens (tertiary/aromatic N) is 1. The molecule has 0 aliphatic carbocycles. The molecule has 2 aromatic heterocycles. The average Bonchev–Trinajstić information content (AvgIpc) is 2.95. The Bertz CT molecular complexity index is 703. The summed E-state index contributed by atoms with van der Waals surface area (Å²) in [5, 5.41) is 0.935. The summed E-state index contributed by atoms with van der Waals surface area (Å²) in [5.41, 5.74) is 6.38. The van der Waals surface area contributed by atoms with Gasteiger partial charge in [-0.15, -0.1) is 22.7 Å². The van der Waals surface area contributed by atoms with E-state index < -0.39 is 10.0 Å². The van der Waals surface area contributed by atoms with E-state index in [4.69, 9.17) is 5.73 Å². The normalized spacial score (nSPS) is 13.6. The summed E-state index contributed by atoms with van der Waals surface area (Å²) in [7, 11) is -3.51. The van der Waals surface area contributed by atoms with Gasteiger partial charge in [0.05, 0.1) is 16.7 Å². The van der Waals surface area contributed by atoms with Crippen LogP contribution in [0.5, 0.6) is 0 Å². The highest BCUT2D eigenvalue weighted by atomic mass is 32.2. The molecule has 3 N–H and O–H groups in total. The molecule has 5 nitrogen and oxygen atoms in total. The van der Waals surface area contributed by atoms with E-state index in [9.17, 15) is 8.42 Å². The molecule has 0 radical (unpaired) electrons. The van der Waals surface area contributed by atoms with Gasteiger partial charge in [-0.2, -0.15) is 0 Å². The molecule has 0 fully saturated rings. The fourth-order valence-corrected chi connectivity index (χ4v) is 5.37. The number of nitrogens with two attached hydrogens (primary N) is 1. The molecule has 0 spiro atoms. The van der Waals surface area contributed by atoms with Crippen LogP contribution in [0.4, 0.5) is 0 Å². The maximum atomic E-state index is 12.3. The maximum Gasteiger partial charge on any atom is 0.250 e. The minimum Gasteiger partial charge on any atom is -0.326 e. The molecule has 2 rings (SSSR count). The summed E-state index contributed by atoms with van der Waals surface area (Å²) in [6.45, 7) is 5.98. The molecule has 0 bridgehead atoms. The van der Waals surface area contributed by atoms with Gasteiger partial charge in [-0.25, -0.2) is 18.1 Å². The third kappa shape index (κ3) is 3.26. The van der Waals surface area contributed by atoms with Gasteiger partial charge >= 0.3 is 0 Å². The van der Waals surface area contributed by atoms with Crippen molar-refractivity contribution in [2.45, 2.75) is 37.6 Å². The summed E-state index contributed by atoms with van der Waals surface area (Å²) in [6, 6.07) is 3.04. The van der Waals surface area contributed by atoms with Gasteiger partial charge in [-0.1, -0.05) is 0 Å². The van der Waals surface area contributed by atoms with Crippen LogP contribution in [0.2, 0.25) is 0 Å². The zero-order valence-corrected chi connectivity index (χ0v) is 14.0. The van der Waals surface area contributed by atoms with Crippen molar-refractivity contribution in [2.24, 2.45) is 5.73 Å². The molecule has 8 heteroatoms. The molecule has 0 aliphatic rings. The average molecular weight is 331 g/mol. The molecular weight excluding hydrogens is 314 g/mol. The molecule has 110 valence electrons. The smallest absolute Gasteiger partial charge is 0.250 e. The lowest BCUT2D eigenvalue weighted by atomic mass is 10.2. The third-order valence-electron chi connectivity index (χ3n) is 2.77. The Morgan fingerprint density at radius 2 is 2.05 bits per heavy atom. The molecule has 1 unspecified atom stereocenters. The van der Waals surface area contributed by atoms with Gasteiger partial charge < -0.3 is 5.73 Å². The molecule has 0 aromatic carbocycles. The number of hydrogen-bond acceptors (Lipinski definition) is 6. The lowest BCUT2D eigenvalue weighted by molar-refractivity contribution is 0.570. The number of rotatable bonds is 5. The molecule has 2 aromatic rings. The first-order chi connectivity index (χ1) is 9.33. The standard InChI is InChI=1S/C12H17N3O2S3/c1-7-12(18-9(3)14-7)8(2)15-20(16,17)11-5-4-10(6-13)19-11/h4-5,8,15H,6,13H2,1-3H3. The topological polar surface area (TPSA) is 85.1 Å². The van der Waals surface area contributed by atoms with Crippen molar-refractivity contribution in [3.05, 3.63) is 32.6 Å². The van der Waals surface area contributed by atoms with E-state index in [0.717, 1.165) is 20.5 Å². The van der Waals surface area contributed by atoms with Gasteiger partial charge in [-0.3, -0.25) is 0 Å². The van der Waals surface area contributed by atoms with Crippen LogP contribution >= 0.6 is 22.7 Å². The van der Waals surface area contributed by atoms with Crippen molar-refractivity contribution < 1.29 is 8.42 Å². The second kappa shape index (κ2) is 5.90. The van der Waals surface area contributed by atoms with Gasteiger partial charge in [0, 0.05) is 16.3 Å². The largest absolute Gasteiger partial charge is 0.326 e. The van der Waals surface area contributed by atoms with Crippen LogP contribution in [0, 0.1) is 13.8 Å². The third-order valence-corrected chi connectivity index (χ3v) is 7.16. The predicted octanol–water partition coefficient (Wildman–Crippen LogP) is 2.32. The Morgan fingerprint density at radius 3 is 2.55 bits per heavy atom. The summed E-state index contributed by atoms with van der Waals surface area (Å²) in [4.78, 5) is 6.12. The Kier molecular flexibility index (Phi) is 4.60. The summed E-state index contributed by atoms with van der Waals surface area (Å²) in [5.74, 6) is 0. The second-order valence-corrected chi connectivity index (χ2v) is 8.79. The second-order valence-electron chi connectivity index (χ2n) is 4.45. The van der Waals surface area contributed by atoms with Crippen molar-refractivity contribution in [2.75, 3.05) is 0 Å². The number of sulfonamides is 1. The Labute approximate surface area is 126 Å². The number of thiophene rings is 1. The number of aryl methyl sites for hydroxylation is 2. The molecule has 2 heterocycles. The lowest BCUT2D eigenvalue weighted by Gasteiger charge is -2.12. The molecule has 0 amide bonds. The minimum atomic E-state index is -3.51. The van der Waals surface area contributed by atoms with Crippen molar-refractivity contribution in [3.63, 3.8) is 0 Å². The maximum absolute atomic E-state index is 12.3. The van der Waals surface area contributed by atoms with E-state index in [0.29, 0.717) is 10.8 Å². The number of aromatic nitrogens is 1. The van der Waals surface area contributed by atoms with E-state index in [1.165, 1.54) is 22.7 Å². The molecule has 20 heavy (non-hydrogen) atoms. The molecule has 1 atom stereocenters. The highest BCUT2D eigenvalue weighted by Crippen LogP contribution is 2.27. The Balaban J connectivity index is 2.21. The van der Waals surface area contributed by atoms with E-state index in [2.05, 4.69) is 9.71 Å². The van der Waals surface area contributed by atoms with Crippen LogP contribution in [0.3, 0.4) is 0 Å². The van der Waals surface area contributed by atoms with E-state index in [1.807, 2.05) is 20.8 Å². The quantitative estimate of drug-likeness (QED) is 0.880. The van der Waals surface area contributed by atoms with Crippen LogP contribution < -0.4 is 10.5 Å². The Morgan fingerprint density at radius 1 is 1.35 bits per heavy atom. The molecule has 0 aliphatic heterocycles. The van der Waals surface area contributed by atoms with Gasteiger partial charge in [0.15, 0.2) is 0 Å². The zero-order chi connectivity index (χ0) is 14.9. The highest BCUT2D eigenvalue weighted by Gasteiger charge is 2.22. The Hall–Kier alpha value is -0.800. The van der Waals surface area contributed by atoms with Crippen molar-refractivity contribution in [1.29, 1.82) is 0 Å². The number of hydrogen-bond donors (Lipinski definition) is 2. The number of thiazole rings is 1. The predicted molar refractivity (Wildman–Crippen MR) is 82.5 cm³/mol. The highest BCUT2D eigenvalue weighted by molar-refractivity contribution is 7.91. The van der Waals surface area contributed by atoms with E-state index in [-0.39, 0.29) is 6.04 Å². The van der Waals surface area contributed by atoms with Crippen LogP contribution in [0.25, 0.3) is 0 Å². The summed E-state index contributed by atoms with van der Waals surface area (Å²) >= 11 is 2.71.